The Bertz CT molecular complexity index is 877. The van der Waals surface area contributed by atoms with E-state index in [0.717, 1.165) is 48.1 Å². The van der Waals surface area contributed by atoms with Crippen molar-refractivity contribution >= 4 is 17.3 Å². The van der Waals surface area contributed by atoms with Gasteiger partial charge in [0.05, 0.1) is 24.9 Å². The number of nitrogens with zero attached hydrogens (tertiary/aromatic N) is 5. The highest BCUT2D eigenvalue weighted by molar-refractivity contribution is 5.50. The van der Waals surface area contributed by atoms with Gasteiger partial charge in [-0.05, 0) is 31.9 Å². The SMILES string of the molecule is Cc1cccc2nc(CNc3cc(N4CCCC4CO)ncn3)cn12. The van der Waals surface area contributed by atoms with Crippen molar-refractivity contribution in [2.75, 3.05) is 23.4 Å². The Morgan fingerprint density at radius 3 is 3.08 bits per heavy atom. The standard InChI is InChI=1S/C18H22N6O/c1-13-4-2-6-17-22-14(10-24(13)17)9-19-16-8-18(21-12-20-16)23-7-3-5-15(23)11-25/h2,4,6,8,10,12,15,25H,3,5,7,9,11H2,1H3,(H,19,20,21). The van der Waals surface area contributed by atoms with Gasteiger partial charge in [-0.15, -0.1) is 0 Å². The predicted molar refractivity (Wildman–Crippen MR) is 96.7 cm³/mol. The minimum absolute atomic E-state index is 0.157. The topological polar surface area (TPSA) is 78.6 Å². The average Bonchev–Trinajstić information content (AvgIpc) is 3.27. The number of aliphatic hydroxyl groups excluding tert-OH is 1. The van der Waals surface area contributed by atoms with Crippen molar-refractivity contribution in [2.45, 2.75) is 32.4 Å². The van der Waals surface area contributed by atoms with Gasteiger partial charge in [0.15, 0.2) is 0 Å². The molecule has 1 unspecified atom stereocenters. The van der Waals surface area contributed by atoms with Gasteiger partial charge in [-0.25, -0.2) is 15.0 Å². The minimum atomic E-state index is 0.157. The van der Waals surface area contributed by atoms with E-state index < -0.39 is 0 Å². The Kier molecular flexibility index (Phi) is 4.23. The van der Waals surface area contributed by atoms with E-state index in [-0.39, 0.29) is 12.6 Å². The minimum Gasteiger partial charge on any atom is -0.394 e. The number of pyridine rings is 1. The summed E-state index contributed by atoms with van der Waals surface area (Å²) in [6.45, 7) is 3.75. The predicted octanol–water partition coefficient (Wildman–Crippen LogP) is 2.01. The van der Waals surface area contributed by atoms with Crippen LogP contribution in [0.15, 0.2) is 36.8 Å². The Labute approximate surface area is 146 Å². The highest BCUT2D eigenvalue weighted by Crippen LogP contribution is 2.24. The van der Waals surface area contributed by atoms with E-state index >= 15 is 0 Å². The van der Waals surface area contributed by atoms with E-state index in [0.29, 0.717) is 6.54 Å². The fourth-order valence-corrected chi connectivity index (χ4v) is 3.39. The molecular weight excluding hydrogens is 316 g/mol. The number of fused-ring (bicyclic) bond motifs is 1. The molecule has 7 nitrogen and oxygen atoms in total. The van der Waals surface area contributed by atoms with Crippen LogP contribution in [-0.2, 0) is 6.54 Å². The van der Waals surface area contributed by atoms with E-state index in [1.165, 1.54) is 0 Å². The summed E-state index contributed by atoms with van der Waals surface area (Å²) < 4.78 is 2.08. The summed E-state index contributed by atoms with van der Waals surface area (Å²) in [6, 6.07) is 8.18. The number of imidazole rings is 1. The first-order chi connectivity index (χ1) is 12.2. The van der Waals surface area contributed by atoms with E-state index in [1.54, 1.807) is 6.33 Å². The Morgan fingerprint density at radius 1 is 1.32 bits per heavy atom. The third kappa shape index (κ3) is 3.15. The van der Waals surface area contributed by atoms with E-state index in [1.807, 2.05) is 24.4 Å². The fraction of sp³-hybridized carbons (Fsp3) is 0.389. The van der Waals surface area contributed by atoms with Crippen LogP contribution in [0.3, 0.4) is 0 Å². The molecule has 0 aromatic carbocycles. The molecule has 0 radical (unpaired) electrons. The second-order valence-corrected chi connectivity index (χ2v) is 6.41. The van der Waals surface area contributed by atoms with Gasteiger partial charge < -0.3 is 19.7 Å². The van der Waals surface area contributed by atoms with Crippen LogP contribution < -0.4 is 10.2 Å². The maximum absolute atomic E-state index is 9.50. The number of rotatable bonds is 5. The summed E-state index contributed by atoms with van der Waals surface area (Å²) in [6.07, 6.45) is 5.70. The van der Waals surface area contributed by atoms with Crippen LogP contribution in [-0.4, -0.2) is 43.7 Å². The number of hydrogen-bond acceptors (Lipinski definition) is 6. The van der Waals surface area contributed by atoms with E-state index in [4.69, 9.17) is 0 Å². The number of aromatic nitrogens is 4. The Hall–Kier alpha value is -2.67. The molecule has 7 heteroatoms. The molecule has 4 heterocycles. The zero-order valence-corrected chi connectivity index (χ0v) is 14.3. The molecule has 1 atom stereocenters. The van der Waals surface area contributed by atoms with Gasteiger partial charge in [-0.1, -0.05) is 6.07 Å². The highest BCUT2D eigenvalue weighted by Gasteiger charge is 2.25. The first-order valence-corrected chi connectivity index (χ1v) is 8.61. The average molecular weight is 338 g/mol. The third-order valence-electron chi connectivity index (χ3n) is 4.73. The maximum Gasteiger partial charge on any atom is 0.137 e. The van der Waals surface area contributed by atoms with Gasteiger partial charge >= 0.3 is 0 Å². The van der Waals surface area contributed by atoms with Crippen molar-refractivity contribution in [3.05, 3.63) is 48.2 Å². The van der Waals surface area contributed by atoms with Crippen molar-refractivity contribution in [1.29, 1.82) is 0 Å². The summed E-state index contributed by atoms with van der Waals surface area (Å²) in [5.74, 6) is 1.63. The largest absolute Gasteiger partial charge is 0.394 e. The van der Waals surface area contributed by atoms with E-state index in [2.05, 4.69) is 42.6 Å². The number of aryl methyl sites for hydroxylation is 1. The van der Waals surface area contributed by atoms with Crippen molar-refractivity contribution in [3.63, 3.8) is 0 Å². The molecular formula is C18H22N6O. The van der Waals surface area contributed by atoms with Crippen molar-refractivity contribution in [1.82, 2.24) is 19.4 Å². The Balaban J connectivity index is 1.49. The summed E-state index contributed by atoms with van der Waals surface area (Å²) in [7, 11) is 0. The van der Waals surface area contributed by atoms with Gasteiger partial charge in [0.25, 0.3) is 0 Å². The van der Waals surface area contributed by atoms with Crippen molar-refractivity contribution < 1.29 is 5.11 Å². The Morgan fingerprint density at radius 2 is 2.24 bits per heavy atom. The maximum atomic E-state index is 9.50. The molecule has 0 bridgehead atoms. The highest BCUT2D eigenvalue weighted by atomic mass is 16.3. The van der Waals surface area contributed by atoms with Crippen LogP contribution in [0.4, 0.5) is 11.6 Å². The van der Waals surface area contributed by atoms with Crippen LogP contribution >= 0.6 is 0 Å². The zero-order valence-electron chi connectivity index (χ0n) is 14.3. The van der Waals surface area contributed by atoms with Crippen molar-refractivity contribution in [3.8, 4) is 0 Å². The van der Waals surface area contributed by atoms with Gasteiger partial charge in [-0.2, -0.15) is 0 Å². The monoisotopic (exact) mass is 338 g/mol. The molecule has 2 N–H and O–H groups in total. The lowest BCUT2D eigenvalue weighted by Crippen LogP contribution is -2.32. The molecule has 1 aliphatic heterocycles. The van der Waals surface area contributed by atoms with Crippen LogP contribution in [0.2, 0.25) is 0 Å². The molecule has 1 aliphatic rings. The van der Waals surface area contributed by atoms with Crippen LogP contribution in [0.5, 0.6) is 0 Å². The van der Waals surface area contributed by atoms with Gasteiger partial charge in [0.1, 0.15) is 23.6 Å². The molecule has 0 aliphatic carbocycles. The van der Waals surface area contributed by atoms with Gasteiger partial charge in [0, 0.05) is 24.5 Å². The normalized spacial score (nSPS) is 17.4. The second kappa shape index (κ2) is 6.68. The molecule has 0 spiro atoms. The molecule has 25 heavy (non-hydrogen) atoms. The van der Waals surface area contributed by atoms with Gasteiger partial charge in [0.2, 0.25) is 0 Å². The molecule has 0 amide bonds. The molecule has 1 fully saturated rings. The van der Waals surface area contributed by atoms with E-state index in [9.17, 15) is 5.11 Å². The number of anilines is 2. The quantitative estimate of drug-likeness (QED) is 0.741. The zero-order chi connectivity index (χ0) is 17.2. The van der Waals surface area contributed by atoms with Crippen LogP contribution in [0.1, 0.15) is 24.2 Å². The van der Waals surface area contributed by atoms with Crippen molar-refractivity contribution in [2.24, 2.45) is 0 Å². The third-order valence-corrected chi connectivity index (χ3v) is 4.73. The lowest BCUT2D eigenvalue weighted by atomic mass is 10.2. The molecule has 130 valence electrons. The molecule has 1 saturated heterocycles. The summed E-state index contributed by atoms with van der Waals surface area (Å²) in [5.41, 5.74) is 3.07. The summed E-state index contributed by atoms with van der Waals surface area (Å²) in [4.78, 5) is 15.4. The van der Waals surface area contributed by atoms with Crippen LogP contribution in [0, 0.1) is 6.92 Å². The second-order valence-electron chi connectivity index (χ2n) is 6.41. The molecule has 3 aromatic rings. The first-order valence-electron chi connectivity index (χ1n) is 8.61. The van der Waals surface area contributed by atoms with Gasteiger partial charge in [-0.3, -0.25) is 0 Å². The number of aliphatic hydroxyl groups is 1. The molecule has 0 saturated carbocycles. The lowest BCUT2D eigenvalue weighted by molar-refractivity contribution is 0.266. The smallest absolute Gasteiger partial charge is 0.137 e. The first kappa shape index (κ1) is 15.8. The summed E-state index contributed by atoms with van der Waals surface area (Å²) in [5, 5.41) is 12.8. The number of hydrogen-bond donors (Lipinski definition) is 2. The van der Waals surface area contributed by atoms with Crippen LogP contribution in [0.25, 0.3) is 5.65 Å². The fourth-order valence-electron chi connectivity index (χ4n) is 3.39. The number of nitrogens with one attached hydrogen (secondary N) is 1. The molecule has 3 aromatic heterocycles. The molecule has 4 rings (SSSR count). The lowest BCUT2D eigenvalue weighted by Gasteiger charge is -2.24. The summed E-state index contributed by atoms with van der Waals surface area (Å²) >= 11 is 0.